The van der Waals surface area contributed by atoms with Gasteiger partial charge in [0.15, 0.2) is 5.82 Å². The lowest BCUT2D eigenvalue weighted by Crippen LogP contribution is -2.12. The van der Waals surface area contributed by atoms with Gasteiger partial charge < -0.3 is 10.1 Å². The van der Waals surface area contributed by atoms with Crippen LogP contribution in [0.2, 0.25) is 0 Å². The van der Waals surface area contributed by atoms with E-state index < -0.39 is 5.76 Å². The number of anilines is 1. The fourth-order valence-electron chi connectivity index (χ4n) is 2.66. The second kappa shape index (κ2) is 8.11. The monoisotopic (exact) mass is 408 g/mol. The molecule has 4 rings (SSSR count). The number of aromatic nitrogens is 3. The maximum absolute atomic E-state index is 12.6. The summed E-state index contributed by atoms with van der Waals surface area (Å²) in [5, 5.41) is 9.40. The van der Waals surface area contributed by atoms with E-state index in [1.54, 1.807) is 59.9 Å². The third-order valence-corrected chi connectivity index (χ3v) is 4.81. The molecule has 0 saturated heterocycles. The zero-order valence-electron chi connectivity index (χ0n) is 15.3. The van der Waals surface area contributed by atoms with Crippen molar-refractivity contribution in [1.82, 2.24) is 15.1 Å². The highest BCUT2D eigenvalue weighted by Gasteiger charge is 2.10. The Labute approximate surface area is 169 Å². The van der Waals surface area contributed by atoms with Gasteiger partial charge in [-0.1, -0.05) is 23.4 Å². The van der Waals surface area contributed by atoms with E-state index in [-0.39, 0.29) is 5.91 Å². The molecule has 2 aromatic heterocycles. The normalized spacial score (nSPS) is 10.7. The Morgan fingerprint density at radius 3 is 2.86 bits per heavy atom. The predicted molar refractivity (Wildman–Crippen MR) is 108 cm³/mol. The van der Waals surface area contributed by atoms with Gasteiger partial charge in [0.2, 0.25) is 0 Å². The lowest BCUT2D eigenvalue weighted by molar-refractivity contribution is 0.102. The maximum atomic E-state index is 12.6. The number of carbonyl (C=O) groups excluding carboxylic acids is 1. The van der Waals surface area contributed by atoms with E-state index in [4.69, 9.17) is 4.74 Å². The largest absolute Gasteiger partial charge is 0.487 e. The summed E-state index contributed by atoms with van der Waals surface area (Å²) in [6.07, 6.45) is 0. The van der Waals surface area contributed by atoms with Crippen molar-refractivity contribution in [3.05, 3.63) is 80.7 Å². The maximum Gasteiger partial charge on any atom is 0.439 e. The highest BCUT2D eigenvalue weighted by Crippen LogP contribution is 2.21. The Morgan fingerprint density at radius 2 is 2.10 bits per heavy atom. The predicted octanol–water partition coefficient (Wildman–Crippen LogP) is 3.63. The van der Waals surface area contributed by atoms with E-state index in [0.717, 1.165) is 10.7 Å². The molecular formula is C20H16N4O4S. The Hall–Kier alpha value is -3.72. The van der Waals surface area contributed by atoms with Gasteiger partial charge in [-0.05, 0) is 37.3 Å². The number of nitrogens with one attached hydrogen (secondary N) is 2. The summed E-state index contributed by atoms with van der Waals surface area (Å²) in [5.74, 6) is -0.0548. The van der Waals surface area contributed by atoms with Crippen LogP contribution in [-0.4, -0.2) is 21.0 Å². The van der Waals surface area contributed by atoms with Crippen LogP contribution < -0.4 is 15.8 Å². The molecule has 0 saturated carbocycles. The van der Waals surface area contributed by atoms with Gasteiger partial charge in [0, 0.05) is 22.2 Å². The first-order chi connectivity index (χ1) is 14.1. The van der Waals surface area contributed by atoms with Crippen LogP contribution in [0, 0.1) is 6.92 Å². The molecule has 8 nitrogen and oxygen atoms in total. The molecule has 0 radical (unpaired) electrons. The number of benzene rings is 2. The van der Waals surface area contributed by atoms with Crippen molar-refractivity contribution in [2.45, 2.75) is 13.5 Å². The summed E-state index contributed by atoms with van der Waals surface area (Å²) in [7, 11) is 0. The molecule has 0 aliphatic heterocycles. The fourth-order valence-corrected chi connectivity index (χ4v) is 3.26. The second-order valence-electron chi connectivity index (χ2n) is 6.15. The van der Waals surface area contributed by atoms with E-state index in [1.165, 1.54) is 0 Å². The van der Waals surface area contributed by atoms with Crippen LogP contribution in [0.4, 0.5) is 5.69 Å². The summed E-state index contributed by atoms with van der Waals surface area (Å²) < 4.78 is 10.2. The minimum Gasteiger partial charge on any atom is -0.487 e. The van der Waals surface area contributed by atoms with Gasteiger partial charge in [0.05, 0.1) is 10.7 Å². The van der Waals surface area contributed by atoms with Gasteiger partial charge in [-0.3, -0.25) is 14.3 Å². The molecular weight excluding hydrogens is 392 g/mol. The minimum atomic E-state index is -0.640. The number of aromatic amines is 1. The van der Waals surface area contributed by atoms with Crippen molar-refractivity contribution in [2.75, 3.05) is 5.32 Å². The third kappa shape index (κ3) is 4.58. The average Bonchev–Trinajstić information content (AvgIpc) is 3.35. The number of H-pyrrole nitrogens is 1. The second-order valence-corrected chi connectivity index (χ2v) is 7.22. The van der Waals surface area contributed by atoms with Crippen LogP contribution in [0.15, 0.2) is 63.2 Å². The van der Waals surface area contributed by atoms with Crippen LogP contribution >= 0.6 is 11.3 Å². The molecule has 2 aromatic carbocycles. The summed E-state index contributed by atoms with van der Waals surface area (Å²) in [6.45, 7) is 2.28. The number of nitrogens with zero attached hydrogens (tertiary/aromatic N) is 2. The van der Waals surface area contributed by atoms with E-state index in [1.807, 2.05) is 12.3 Å². The number of hydrogen-bond donors (Lipinski definition) is 2. The molecule has 0 atom stereocenters. The van der Waals surface area contributed by atoms with Gasteiger partial charge in [-0.2, -0.15) is 0 Å². The lowest BCUT2D eigenvalue weighted by atomic mass is 10.1. The summed E-state index contributed by atoms with van der Waals surface area (Å²) in [6, 6.07) is 13.8. The molecule has 0 spiro atoms. The lowest BCUT2D eigenvalue weighted by Gasteiger charge is -2.09. The molecule has 2 heterocycles. The van der Waals surface area contributed by atoms with Crippen molar-refractivity contribution >= 4 is 22.9 Å². The molecule has 0 unspecified atom stereocenters. The van der Waals surface area contributed by atoms with E-state index in [9.17, 15) is 9.59 Å². The number of ether oxygens (including phenoxy) is 1. The molecule has 0 bridgehead atoms. The van der Waals surface area contributed by atoms with Gasteiger partial charge >= 0.3 is 5.76 Å². The number of carbonyl (C=O) groups is 1. The summed E-state index contributed by atoms with van der Waals surface area (Å²) in [5.41, 5.74) is 2.48. The van der Waals surface area contributed by atoms with Crippen LogP contribution in [0.3, 0.4) is 0 Å². The summed E-state index contributed by atoms with van der Waals surface area (Å²) >= 11 is 1.56. The Morgan fingerprint density at radius 1 is 1.24 bits per heavy atom. The Kier molecular flexibility index (Phi) is 5.21. The van der Waals surface area contributed by atoms with E-state index >= 15 is 0 Å². The smallest absolute Gasteiger partial charge is 0.439 e. The van der Waals surface area contributed by atoms with Crippen molar-refractivity contribution < 1.29 is 14.1 Å². The number of thiazole rings is 1. The number of rotatable bonds is 6. The molecule has 0 aliphatic rings. The average molecular weight is 408 g/mol. The highest BCUT2D eigenvalue weighted by molar-refractivity contribution is 7.09. The SMILES string of the molecule is Cc1nc(COc2cccc(C(=O)Nc3cccc(-c4noc(=O)[nH]4)c3)c2)cs1. The van der Waals surface area contributed by atoms with Crippen LogP contribution in [0.5, 0.6) is 5.75 Å². The number of amides is 1. The topological polar surface area (TPSA) is 110 Å². The van der Waals surface area contributed by atoms with Crippen LogP contribution in [0.1, 0.15) is 21.1 Å². The van der Waals surface area contributed by atoms with Crippen molar-refractivity contribution in [1.29, 1.82) is 0 Å². The van der Waals surface area contributed by atoms with Crippen molar-refractivity contribution in [3.8, 4) is 17.1 Å². The Balaban J connectivity index is 1.45. The van der Waals surface area contributed by atoms with Crippen molar-refractivity contribution in [2.24, 2.45) is 0 Å². The molecule has 0 aliphatic carbocycles. The van der Waals surface area contributed by atoms with Gasteiger partial charge in [-0.15, -0.1) is 11.3 Å². The minimum absolute atomic E-state index is 0.286. The number of aryl methyl sites for hydroxylation is 1. The fraction of sp³-hybridized carbons (Fsp3) is 0.100. The highest BCUT2D eigenvalue weighted by atomic mass is 32.1. The quantitative estimate of drug-likeness (QED) is 0.504. The van der Waals surface area contributed by atoms with E-state index in [0.29, 0.717) is 35.0 Å². The van der Waals surface area contributed by atoms with Gasteiger partial charge in [-0.25, -0.2) is 9.78 Å². The molecule has 146 valence electrons. The zero-order chi connectivity index (χ0) is 20.2. The van der Waals surface area contributed by atoms with Gasteiger partial charge in [0.1, 0.15) is 12.4 Å². The summed E-state index contributed by atoms with van der Waals surface area (Å²) in [4.78, 5) is 30.6. The molecule has 0 fully saturated rings. The third-order valence-electron chi connectivity index (χ3n) is 3.98. The Bertz CT molecular complexity index is 1210. The zero-order valence-corrected chi connectivity index (χ0v) is 16.2. The first kappa shape index (κ1) is 18.6. The van der Waals surface area contributed by atoms with Crippen LogP contribution in [0.25, 0.3) is 11.4 Å². The first-order valence-corrected chi connectivity index (χ1v) is 9.56. The molecule has 4 aromatic rings. The van der Waals surface area contributed by atoms with E-state index in [2.05, 4.69) is 25.0 Å². The standard InChI is InChI=1S/C20H16N4O4S/c1-12-21-16(11-29-12)10-27-17-7-3-5-14(9-17)19(25)22-15-6-2-4-13(8-15)18-23-20(26)28-24-18/h2-9,11H,10H2,1H3,(H,22,25)(H,23,24,26). The first-order valence-electron chi connectivity index (χ1n) is 8.68. The molecule has 1 amide bonds. The molecule has 2 N–H and O–H groups in total. The van der Waals surface area contributed by atoms with Gasteiger partial charge in [0.25, 0.3) is 5.91 Å². The molecule has 9 heteroatoms. The van der Waals surface area contributed by atoms with Crippen LogP contribution in [-0.2, 0) is 6.61 Å². The number of hydrogen-bond acceptors (Lipinski definition) is 7. The van der Waals surface area contributed by atoms with Crippen molar-refractivity contribution in [3.63, 3.8) is 0 Å². The molecule has 29 heavy (non-hydrogen) atoms.